The van der Waals surface area contributed by atoms with Crippen LogP contribution in [0.5, 0.6) is 0 Å². The molecule has 1 aromatic heterocycles. The lowest BCUT2D eigenvalue weighted by atomic mass is 9.89. The van der Waals surface area contributed by atoms with Gasteiger partial charge in [0.15, 0.2) is 0 Å². The van der Waals surface area contributed by atoms with Gasteiger partial charge in [-0.15, -0.1) is 0 Å². The van der Waals surface area contributed by atoms with Crippen molar-refractivity contribution in [3.05, 3.63) is 5.21 Å². The van der Waals surface area contributed by atoms with E-state index in [-0.39, 0.29) is 11.9 Å². The molecule has 0 radical (unpaired) electrons. The van der Waals surface area contributed by atoms with E-state index in [2.05, 4.69) is 14.9 Å². The Morgan fingerprint density at radius 3 is 1.64 bits per heavy atom. The zero-order valence-corrected chi connectivity index (χ0v) is 13.1. The molecule has 7 nitrogen and oxygen atoms in total. The number of anilines is 3. The highest BCUT2D eigenvalue weighted by atomic mass is 16.5. The fourth-order valence-corrected chi connectivity index (χ4v) is 3.90. The molecule has 1 aromatic rings. The molecule has 0 saturated heterocycles. The molecule has 4 N–H and O–H groups in total. The molecule has 0 unspecified atom stereocenters. The van der Waals surface area contributed by atoms with Crippen LogP contribution in [0.4, 0.5) is 17.8 Å². The third kappa shape index (κ3) is 3.03. The molecule has 122 valence electrons. The predicted molar refractivity (Wildman–Crippen MR) is 86.0 cm³/mol. The Labute approximate surface area is 131 Å². The normalized spacial score (nSPS) is 20.9. The van der Waals surface area contributed by atoms with Crippen molar-refractivity contribution in [2.24, 2.45) is 0 Å². The van der Waals surface area contributed by atoms with Crippen LogP contribution in [0.3, 0.4) is 0 Å². The van der Waals surface area contributed by atoms with Gasteiger partial charge in [-0.05, 0) is 25.7 Å². The standard InChI is InChI=1S/C15H26N6O/c16-13-18-15(19-14(17)21(13)22)20(11-7-3-1-4-8-11)12-9-5-2-6-10-12/h11-12H,1-10H2,(H4,16,17,18,19). The van der Waals surface area contributed by atoms with E-state index in [1.165, 1.54) is 38.5 Å². The van der Waals surface area contributed by atoms with Crippen LogP contribution < -0.4 is 21.1 Å². The van der Waals surface area contributed by atoms with Gasteiger partial charge in [0.05, 0.1) is 0 Å². The summed E-state index contributed by atoms with van der Waals surface area (Å²) in [4.78, 5) is 10.8. The van der Waals surface area contributed by atoms with Gasteiger partial charge < -0.3 is 21.6 Å². The van der Waals surface area contributed by atoms with E-state index >= 15 is 0 Å². The van der Waals surface area contributed by atoms with E-state index in [4.69, 9.17) is 11.5 Å². The Hall–Kier alpha value is -1.79. The van der Waals surface area contributed by atoms with Gasteiger partial charge in [-0.3, -0.25) is 0 Å². The van der Waals surface area contributed by atoms with Crippen molar-refractivity contribution in [3.63, 3.8) is 0 Å². The summed E-state index contributed by atoms with van der Waals surface area (Å²) in [5.41, 5.74) is 11.4. The highest BCUT2D eigenvalue weighted by molar-refractivity contribution is 5.39. The fraction of sp³-hybridized carbons (Fsp3) is 0.800. The molecular weight excluding hydrogens is 280 g/mol. The molecule has 2 saturated carbocycles. The molecule has 0 spiro atoms. The van der Waals surface area contributed by atoms with Gasteiger partial charge in [-0.2, -0.15) is 0 Å². The molecule has 2 aliphatic rings. The largest absolute Gasteiger partial charge is 0.762 e. The van der Waals surface area contributed by atoms with Crippen LogP contribution in [0, 0.1) is 5.21 Å². The van der Waals surface area contributed by atoms with Gasteiger partial charge in [0, 0.05) is 12.1 Å². The zero-order chi connectivity index (χ0) is 15.5. The number of nitrogen functional groups attached to an aromatic ring is 2. The molecule has 3 rings (SSSR count). The first-order chi connectivity index (χ1) is 10.7. The second kappa shape index (κ2) is 6.54. The second-order valence-corrected chi connectivity index (χ2v) is 6.53. The molecule has 22 heavy (non-hydrogen) atoms. The maximum Gasteiger partial charge on any atom is 0.323 e. The van der Waals surface area contributed by atoms with Crippen molar-refractivity contribution in [2.75, 3.05) is 16.4 Å². The van der Waals surface area contributed by atoms with Crippen LogP contribution >= 0.6 is 0 Å². The van der Waals surface area contributed by atoms with Crippen molar-refractivity contribution in [1.82, 2.24) is 9.97 Å². The number of nitrogens with two attached hydrogens (primary N) is 2. The third-order valence-electron chi connectivity index (χ3n) is 5.01. The van der Waals surface area contributed by atoms with Gasteiger partial charge in [-0.25, -0.2) is 4.73 Å². The highest BCUT2D eigenvalue weighted by Gasteiger charge is 2.33. The summed E-state index contributed by atoms with van der Waals surface area (Å²) >= 11 is 0. The van der Waals surface area contributed by atoms with Crippen LogP contribution in [-0.2, 0) is 0 Å². The molecule has 0 bridgehead atoms. The van der Waals surface area contributed by atoms with Crippen molar-refractivity contribution in [3.8, 4) is 0 Å². The number of hydrogen-bond donors (Lipinski definition) is 2. The molecule has 0 aliphatic heterocycles. The topological polar surface area (TPSA) is 108 Å². The van der Waals surface area contributed by atoms with Crippen LogP contribution in [0.2, 0.25) is 0 Å². The minimum absolute atomic E-state index is 0.112. The van der Waals surface area contributed by atoms with E-state index in [0.717, 1.165) is 25.7 Å². The first-order valence-electron chi connectivity index (χ1n) is 8.47. The Bertz CT molecular complexity index is 470. The lowest BCUT2D eigenvalue weighted by Crippen LogP contribution is -2.48. The Kier molecular flexibility index (Phi) is 4.49. The Balaban J connectivity index is 1.92. The summed E-state index contributed by atoms with van der Waals surface area (Å²) in [5.74, 6) is 0.319. The fourth-order valence-electron chi connectivity index (χ4n) is 3.90. The quantitative estimate of drug-likeness (QED) is 0.650. The van der Waals surface area contributed by atoms with Crippen molar-refractivity contribution < 1.29 is 4.73 Å². The van der Waals surface area contributed by atoms with E-state index in [0.29, 0.717) is 22.8 Å². The molecular formula is C15H26N6O. The molecule has 2 aliphatic carbocycles. The lowest BCUT2D eigenvalue weighted by molar-refractivity contribution is -0.579. The molecule has 1 heterocycles. The van der Waals surface area contributed by atoms with Gasteiger partial charge in [0.25, 0.3) is 0 Å². The summed E-state index contributed by atoms with van der Waals surface area (Å²) in [6.07, 6.45) is 12.2. The maximum absolute atomic E-state index is 11.6. The SMILES string of the molecule is Nc1nc(N(C2CCCCC2)C2CCCCC2)nc(N)[n+]1[O-]. The highest BCUT2D eigenvalue weighted by Crippen LogP contribution is 2.32. The maximum atomic E-state index is 11.6. The van der Waals surface area contributed by atoms with Gasteiger partial charge in [0.1, 0.15) is 0 Å². The molecule has 0 amide bonds. The van der Waals surface area contributed by atoms with Gasteiger partial charge >= 0.3 is 17.8 Å². The van der Waals surface area contributed by atoms with Crippen LogP contribution in [-0.4, -0.2) is 22.1 Å². The lowest BCUT2D eigenvalue weighted by Gasteiger charge is -2.40. The Morgan fingerprint density at radius 1 is 0.818 bits per heavy atom. The molecule has 2 fully saturated rings. The van der Waals surface area contributed by atoms with E-state index in [1.54, 1.807) is 0 Å². The number of hydrogen-bond acceptors (Lipinski definition) is 6. The molecule has 0 atom stereocenters. The third-order valence-corrected chi connectivity index (χ3v) is 5.01. The van der Waals surface area contributed by atoms with E-state index in [9.17, 15) is 5.21 Å². The first-order valence-corrected chi connectivity index (χ1v) is 8.47. The van der Waals surface area contributed by atoms with Crippen molar-refractivity contribution >= 4 is 17.8 Å². The minimum Gasteiger partial charge on any atom is -0.762 e. The van der Waals surface area contributed by atoms with Crippen molar-refractivity contribution in [2.45, 2.75) is 76.3 Å². The van der Waals surface area contributed by atoms with Crippen LogP contribution in [0.15, 0.2) is 0 Å². The monoisotopic (exact) mass is 306 g/mol. The summed E-state index contributed by atoms with van der Waals surface area (Å²) in [6.45, 7) is 0. The van der Waals surface area contributed by atoms with Crippen LogP contribution in [0.25, 0.3) is 0 Å². The van der Waals surface area contributed by atoms with Gasteiger partial charge in [0.2, 0.25) is 0 Å². The van der Waals surface area contributed by atoms with E-state index in [1.807, 2.05) is 0 Å². The summed E-state index contributed by atoms with van der Waals surface area (Å²) < 4.78 is 0.392. The summed E-state index contributed by atoms with van der Waals surface area (Å²) in [7, 11) is 0. The minimum atomic E-state index is -0.112. The smallest absolute Gasteiger partial charge is 0.323 e. The van der Waals surface area contributed by atoms with Crippen LogP contribution in [0.1, 0.15) is 64.2 Å². The van der Waals surface area contributed by atoms with E-state index < -0.39 is 0 Å². The number of aromatic nitrogens is 3. The number of rotatable bonds is 3. The molecule has 7 heteroatoms. The Morgan fingerprint density at radius 2 is 1.23 bits per heavy atom. The summed E-state index contributed by atoms with van der Waals surface area (Å²) in [6, 6.07) is 0.885. The average molecular weight is 306 g/mol. The zero-order valence-electron chi connectivity index (χ0n) is 13.1. The first kappa shape index (κ1) is 15.1. The van der Waals surface area contributed by atoms with Gasteiger partial charge in [-0.1, -0.05) is 48.5 Å². The summed E-state index contributed by atoms with van der Waals surface area (Å²) in [5, 5.41) is 11.6. The number of nitrogens with zero attached hydrogens (tertiary/aromatic N) is 4. The molecule has 0 aromatic carbocycles. The second-order valence-electron chi connectivity index (χ2n) is 6.53. The average Bonchev–Trinajstić information content (AvgIpc) is 2.55. The van der Waals surface area contributed by atoms with Crippen molar-refractivity contribution in [1.29, 1.82) is 0 Å². The predicted octanol–water partition coefficient (Wildman–Crippen LogP) is 1.75.